The monoisotopic (exact) mass is 426 g/mol. The number of rotatable bonds is 5. The van der Waals surface area contributed by atoms with Crippen LogP contribution >= 0.6 is 23.4 Å². The molecule has 1 heterocycles. The fourth-order valence-corrected chi connectivity index (χ4v) is 3.48. The van der Waals surface area contributed by atoms with Crippen LogP contribution < -0.4 is 5.32 Å². The lowest BCUT2D eigenvalue weighted by Gasteiger charge is -2.12. The summed E-state index contributed by atoms with van der Waals surface area (Å²) in [4.78, 5) is 12.2. The third kappa shape index (κ3) is 4.66. The highest BCUT2D eigenvalue weighted by Gasteiger charge is 2.33. The molecular formula is C18H14ClF3N4OS. The Balaban J connectivity index is 1.70. The quantitative estimate of drug-likeness (QED) is 0.584. The van der Waals surface area contributed by atoms with Crippen molar-refractivity contribution in [1.29, 1.82) is 0 Å². The summed E-state index contributed by atoms with van der Waals surface area (Å²) in [6.45, 7) is 1.79. The van der Waals surface area contributed by atoms with Crippen molar-refractivity contribution in [2.75, 3.05) is 11.1 Å². The molecule has 0 atom stereocenters. The molecule has 0 aliphatic carbocycles. The van der Waals surface area contributed by atoms with E-state index in [2.05, 4.69) is 15.5 Å². The van der Waals surface area contributed by atoms with Gasteiger partial charge in [-0.1, -0.05) is 41.6 Å². The van der Waals surface area contributed by atoms with Gasteiger partial charge in [0.1, 0.15) is 5.82 Å². The van der Waals surface area contributed by atoms with Crippen LogP contribution in [0.2, 0.25) is 5.02 Å². The number of aromatic nitrogens is 3. The van der Waals surface area contributed by atoms with Gasteiger partial charge in [-0.25, -0.2) is 0 Å². The molecule has 0 fully saturated rings. The maximum Gasteiger partial charge on any atom is 0.417 e. The van der Waals surface area contributed by atoms with Crippen molar-refractivity contribution >= 4 is 35.0 Å². The first kappa shape index (κ1) is 20.2. The molecule has 0 saturated carbocycles. The summed E-state index contributed by atoms with van der Waals surface area (Å²) in [5.74, 6) is 0.136. The standard InChI is InChI=1S/C18H14ClF3N4OS/c1-11-24-25-17(26(11)13-5-3-2-4-6-13)28-10-16(27)23-12-7-8-15(19)14(9-12)18(20,21)22/h2-9H,10H2,1H3,(H,23,27). The molecule has 0 aliphatic rings. The van der Waals surface area contributed by atoms with Gasteiger partial charge in [0, 0.05) is 11.4 Å². The highest BCUT2D eigenvalue weighted by Crippen LogP contribution is 2.36. The van der Waals surface area contributed by atoms with Crippen LogP contribution in [0.15, 0.2) is 53.7 Å². The lowest BCUT2D eigenvalue weighted by Crippen LogP contribution is -2.15. The lowest BCUT2D eigenvalue weighted by atomic mass is 10.2. The van der Waals surface area contributed by atoms with Gasteiger partial charge in [-0.15, -0.1) is 10.2 Å². The Morgan fingerprint density at radius 1 is 1.18 bits per heavy atom. The highest BCUT2D eigenvalue weighted by atomic mass is 35.5. The number of carbonyl (C=O) groups is 1. The van der Waals surface area contributed by atoms with Crippen LogP contribution in [0.1, 0.15) is 11.4 Å². The highest BCUT2D eigenvalue weighted by molar-refractivity contribution is 7.99. The zero-order valence-corrected chi connectivity index (χ0v) is 16.1. The van der Waals surface area contributed by atoms with E-state index in [0.29, 0.717) is 11.0 Å². The van der Waals surface area contributed by atoms with Crippen LogP contribution in [-0.4, -0.2) is 26.4 Å². The van der Waals surface area contributed by atoms with Crippen molar-refractivity contribution in [3.05, 3.63) is 64.9 Å². The zero-order valence-electron chi connectivity index (χ0n) is 14.5. The lowest BCUT2D eigenvalue weighted by molar-refractivity contribution is -0.137. The first-order chi connectivity index (χ1) is 13.3. The Kier molecular flexibility index (Phi) is 5.95. The Morgan fingerprint density at radius 2 is 1.89 bits per heavy atom. The van der Waals surface area contributed by atoms with Crippen molar-refractivity contribution in [2.24, 2.45) is 0 Å². The molecule has 146 valence electrons. The van der Waals surface area contributed by atoms with E-state index in [0.717, 1.165) is 29.6 Å². The van der Waals surface area contributed by atoms with Crippen molar-refractivity contribution < 1.29 is 18.0 Å². The van der Waals surface area contributed by atoms with E-state index < -0.39 is 22.7 Å². The van der Waals surface area contributed by atoms with E-state index in [-0.39, 0.29) is 11.4 Å². The van der Waals surface area contributed by atoms with Gasteiger partial charge < -0.3 is 5.32 Å². The van der Waals surface area contributed by atoms with E-state index in [1.807, 2.05) is 30.3 Å². The summed E-state index contributed by atoms with van der Waals surface area (Å²) in [5.41, 5.74) is -0.137. The van der Waals surface area contributed by atoms with Crippen LogP contribution in [0.5, 0.6) is 0 Å². The molecule has 0 bridgehead atoms. The molecule has 1 aromatic heterocycles. The van der Waals surface area contributed by atoms with E-state index in [9.17, 15) is 18.0 Å². The predicted molar refractivity (Wildman–Crippen MR) is 102 cm³/mol. The summed E-state index contributed by atoms with van der Waals surface area (Å²) in [7, 11) is 0. The third-order valence-electron chi connectivity index (χ3n) is 3.70. The first-order valence-corrected chi connectivity index (χ1v) is 9.39. The summed E-state index contributed by atoms with van der Waals surface area (Å²) >= 11 is 6.71. The van der Waals surface area contributed by atoms with Gasteiger partial charge in [0.15, 0.2) is 5.16 Å². The minimum Gasteiger partial charge on any atom is -0.325 e. The second-order valence-corrected chi connectivity index (χ2v) is 7.08. The molecule has 3 rings (SSSR count). The van der Waals surface area contributed by atoms with E-state index in [1.165, 1.54) is 6.07 Å². The number of nitrogens with one attached hydrogen (secondary N) is 1. The first-order valence-electron chi connectivity index (χ1n) is 8.02. The number of hydrogen-bond acceptors (Lipinski definition) is 4. The molecule has 3 aromatic rings. The number of carbonyl (C=O) groups excluding carboxylic acids is 1. The molecule has 0 saturated heterocycles. The largest absolute Gasteiger partial charge is 0.417 e. The average Bonchev–Trinajstić information content (AvgIpc) is 3.02. The maximum atomic E-state index is 12.9. The van der Waals surface area contributed by atoms with Gasteiger partial charge in [0.2, 0.25) is 5.91 Å². The number of thioether (sulfide) groups is 1. The van der Waals surface area contributed by atoms with Gasteiger partial charge in [-0.3, -0.25) is 9.36 Å². The van der Waals surface area contributed by atoms with E-state index in [4.69, 9.17) is 11.6 Å². The summed E-state index contributed by atoms with van der Waals surface area (Å²) < 4.78 is 40.6. The van der Waals surface area contributed by atoms with Crippen LogP contribution in [0, 0.1) is 6.92 Å². The minimum atomic E-state index is -4.60. The number of halogens is 4. The third-order valence-corrected chi connectivity index (χ3v) is 4.96. The number of amides is 1. The van der Waals surface area contributed by atoms with Gasteiger partial charge in [0.05, 0.1) is 16.3 Å². The van der Waals surface area contributed by atoms with Crippen LogP contribution in [0.4, 0.5) is 18.9 Å². The molecule has 28 heavy (non-hydrogen) atoms. The SMILES string of the molecule is Cc1nnc(SCC(=O)Nc2ccc(Cl)c(C(F)(F)F)c2)n1-c1ccccc1. The molecule has 1 N–H and O–H groups in total. The number of alkyl halides is 3. The fourth-order valence-electron chi connectivity index (χ4n) is 2.46. The van der Waals surface area contributed by atoms with Crippen LogP contribution in [-0.2, 0) is 11.0 Å². The minimum absolute atomic E-state index is 0.0167. The number of hydrogen-bond donors (Lipinski definition) is 1. The molecule has 0 spiro atoms. The fraction of sp³-hybridized carbons (Fsp3) is 0.167. The average molecular weight is 427 g/mol. The summed E-state index contributed by atoms with van der Waals surface area (Å²) in [6, 6.07) is 12.6. The van der Waals surface area contributed by atoms with Gasteiger partial charge >= 0.3 is 6.18 Å². The molecule has 1 amide bonds. The summed E-state index contributed by atoms with van der Waals surface area (Å²) in [6.07, 6.45) is -4.60. The molecule has 5 nitrogen and oxygen atoms in total. The van der Waals surface area contributed by atoms with E-state index >= 15 is 0 Å². The molecular weight excluding hydrogens is 413 g/mol. The van der Waals surface area contributed by atoms with E-state index in [1.54, 1.807) is 11.5 Å². The zero-order chi connectivity index (χ0) is 20.3. The molecule has 2 aromatic carbocycles. The summed E-state index contributed by atoms with van der Waals surface area (Å²) in [5, 5.41) is 10.6. The van der Waals surface area contributed by atoms with Gasteiger partial charge in [-0.05, 0) is 37.3 Å². The number of para-hydroxylation sites is 1. The van der Waals surface area contributed by atoms with Crippen molar-refractivity contribution in [3.63, 3.8) is 0 Å². The normalized spacial score (nSPS) is 11.5. The van der Waals surface area contributed by atoms with Crippen LogP contribution in [0.25, 0.3) is 5.69 Å². The second-order valence-electron chi connectivity index (χ2n) is 5.73. The predicted octanol–water partition coefficient (Wildman–Crippen LogP) is 4.98. The molecule has 0 radical (unpaired) electrons. The van der Waals surface area contributed by atoms with Crippen LogP contribution in [0.3, 0.4) is 0 Å². The van der Waals surface area contributed by atoms with Gasteiger partial charge in [-0.2, -0.15) is 13.2 Å². The number of nitrogens with zero attached hydrogens (tertiary/aromatic N) is 3. The number of anilines is 1. The Bertz CT molecular complexity index is 992. The Labute approximate surface area is 167 Å². The molecule has 0 unspecified atom stereocenters. The number of aryl methyl sites for hydroxylation is 1. The van der Waals surface area contributed by atoms with Crippen molar-refractivity contribution in [2.45, 2.75) is 18.3 Å². The van der Waals surface area contributed by atoms with Crippen molar-refractivity contribution in [1.82, 2.24) is 14.8 Å². The maximum absolute atomic E-state index is 12.9. The smallest absolute Gasteiger partial charge is 0.325 e. The number of benzene rings is 2. The Morgan fingerprint density at radius 3 is 2.57 bits per heavy atom. The molecule has 10 heteroatoms. The topological polar surface area (TPSA) is 59.8 Å². The Hall–Kier alpha value is -2.52. The van der Waals surface area contributed by atoms with Crippen molar-refractivity contribution in [3.8, 4) is 5.69 Å². The van der Waals surface area contributed by atoms with Gasteiger partial charge in [0.25, 0.3) is 0 Å². The second kappa shape index (κ2) is 8.24. The molecule has 0 aliphatic heterocycles.